The number of piperidine rings is 1. The predicted molar refractivity (Wildman–Crippen MR) is 95.1 cm³/mol. The highest BCUT2D eigenvalue weighted by Crippen LogP contribution is 2.53. The van der Waals surface area contributed by atoms with Gasteiger partial charge in [0, 0.05) is 37.3 Å². The van der Waals surface area contributed by atoms with Gasteiger partial charge in [0.15, 0.2) is 0 Å². The fourth-order valence-electron chi connectivity index (χ4n) is 3.78. The number of benzene rings is 1. The molecular formula is C19H24N4O2. The summed E-state index contributed by atoms with van der Waals surface area (Å²) in [5.74, 6) is -0.200. The standard InChI is InChI=1S/C19H24N4O2/c1-13(18(25)23-9-7-19(5-6-19)8-10-23)20-17(24)14-3-4-16-15(11-14)12-22(2)21-16/h3-4,11-13H,5-10H2,1-2H3,(H,20,24). The summed E-state index contributed by atoms with van der Waals surface area (Å²) >= 11 is 0. The van der Waals surface area contributed by atoms with Crippen LogP contribution in [-0.2, 0) is 11.8 Å². The van der Waals surface area contributed by atoms with Gasteiger partial charge >= 0.3 is 0 Å². The van der Waals surface area contributed by atoms with Crippen molar-refractivity contribution in [1.29, 1.82) is 0 Å². The van der Waals surface area contributed by atoms with Gasteiger partial charge in [0.1, 0.15) is 6.04 Å². The van der Waals surface area contributed by atoms with Crippen LogP contribution in [0.2, 0.25) is 0 Å². The summed E-state index contributed by atoms with van der Waals surface area (Å²) in [4.78, 5) is 27.0. The third-order valence-electron chi connectivity index (χ3n) is 5.69. The van der Waals surface area contributed by atoms with E-state index in [9.17, 15) is 9.59 Å². The van der Waals surface area contributed by atoms with E-state index in [1.165, 1.54) is 12.8 Å². The summed E-state index contributed by atoms with van der Waals surface area (Å²) in [5, 5.41) is 8.07. The highest BCUT2D eigenvalue weighted by Gasteiger charge is 2.45. The smallest absolute Gasteiger partial charge is 0.251 e. The highest BCUT2D eigenvalue weighted by molar-refractivity contribution is 6.00. The highest BCUT2D eigenvalue weighted by atomic mass is 16.2. The average molecular weight is 340 g/mol. The van der Waals surface area contributed by atoms with Crippen LogP contribution in [0.25, 0.3) is 10.9 Å². The molecule has 2 fully saturated rings. The van der Waals surface area contributed by atoms with E-state index in [-0.39, 0.29) is 11.8 Å². The van der Waals surface area contributed by atoms with Crippen LogP contribution in [0.5, 0.6) is 0 Å². The Balaban J connectivity index is 1.39. The number of aromatic nitrogens is 2. The topological polar surface area (TPSA) is 67.2 Å². The Bertz CT molecular complexity index is 827. The molecule has 1 saturated carbocycles. The Morgan fingerprint density at radius 2 is 1.92 bits per heavy atom. The number of fused-ring (bicyclic) bond motifs is 1. The van der Waals surface area contributed by atoms with Gasteiger partial charge in [-0.25, -0.2) is 0 Å². The first kappa shape index (κ1) is 16.1. The van der Waals surface area contributed by atoms with Crippen molar-refractivity contribution in [2.75, 3.05) is 13.1 Å². The number of hydrogen-bond donors (Lipinski definition) is 1. The van der Waals surface area contributed by atoms with Gasteiger partial charge in [-0.3, -0.25) is 14.3 Å². The molecule has 1 aromatic heterocycles. The van der Waals surface area contributed by atoms with Crippen LogP contribution in [0.1, 0.15) is 43.0 Å². The van der Waals surface area contributed by atoms with Crippen LogP contribution < -0.4 is 5.32 Å². The van der Waals surface area contributed by atoms with Crippen molar-refractivity contribution in [2.45, 2.75) is 38.6 Å². The zero-order valence-electron chi connectivity index (χ0n) is 14.8. The van der Waals surface area contributed by atoms with E-state index in [0.717, 1.165) is 36.8 Å². The molecule has 2 heterocycles. The van der Waals surface area contributed by atoms with Crippen molar-refractivity contribution in [3.63, 3.8) is 0 Å². The lowest BCUT2D eigenvalue weighted by molar-refractivity contribution is -0.134. The Kier molecular flexibility index (Phi) is 3.78. The zero-order valence-corrected chi connectivity index (χ0v) is 14.8. The third-order valence-corrected chi connectivity index (χ3v) is 5.69. The number of amides is 2. The van der Waals surface area contributed by atoms with Gasteiger partial charge in [-0.05, 0) is 56.2 Å². The maximum Gasteiger partial charge on any atom is 0.251 e. The van der Waals surface area contributed by atoms with Gasteiger partial charge < -0.3 is 10.2 Å². The maximum absolute atomic E-state index is 12.6. The SMILES string of the molecule is CC(NC(=O)c1ccc2nn(C)cc2c1)C(=O)N1CCC2(CC1)CC2. The van der Waals surface area contributed by atoms with Gasteiger partial charge in [0.25, 0.3) is 5.91 Å². The summed E-state index contributed by atoms with van der Waals surface area (Å²) in [6.45, 7) is 3.41. The number of likely N-dealkylation sites (tertiary alicyclic amines) is 1. The number of hydrogen-bond acceptors (Lipinski definition) is 3. The van der Waals surface area contributed by atoms with Crippen molar-refractivity contribution in [3.05, 3.63) is 30.0 Å². The molecule has 0 bridgehead atoms. The molecule has 2 amide bonds. The van der Waals surface area contributed by atoms with Crippen LogP contribution >= 0.6 is 0 Å². The predicted octanol–water partition coefficient (Wildman–Crippen LogP) is 2.09. The Morgan fingerprint density at radius 3 is 2.60 bits per heavy atom. The van der Waals surface area contributed by atoms with Gasteiger partial charge in [-0.15, -0.1) is 0 Å². The second-order valence-corrected chi connectivity index (χ2v) is 7.60. The van der Waals surface area contributed by atoms with E-state index in [4.69, 9.17) is 0 Å². The second-order valence-electron chi connectivity index (χ2n) is 7.60. The molecule has 1 N–H and O–H groups in total. The summed E-state index contributed by atoms with van der Waals surface area (Å²) in [5.41, 5.74) is 1.95. The molecule has 6 nitrogen and oxygen atoms in total. The number of aryl methyl sites for hydroxylation is 1. The lowest BCUT2D eigenvalue weighted by Crippen LogP contribution is -2.49. The summed E-state index contributed by atoms with van der Waals surface area (Å²) in [6, 6.07) is 4.88. The van der Waals surface area contributed by atoms with Gasteiger partial charge in [-0.2, -0.15) is 5.10 Å². The molecule has 1 aliphatic carbocycles. The molecule has 4 rings (SSSR count). The molecular weight excluding hydrogens is 316 g/mol. The van der Waals surface area contributed by atoms with Crippen LogP contribution in [0.3, 0.4) is 0 Å². The second kappa shape index (κ2) is 5.86. The Hall–Kier alpha value is -2.37. The first-order valence-corrected chi connectivity index (χ1v) is 8.99. The number of nitrogens with zero attached hydrogens (tertiary/aromatic N) is 3. The molecule has 1 unspecified atom stereocenters. The fraction of sp³-hybridized carbons (Fsp3) is 0.526. The Morgan fingerprint density at radius 1 is 1.20 bits per heavy atom. The van der Waals surface area contributed by atoms with E-state index in [1.807, 2.05) is 30.3 Å². The number of carbonyl (C=O) groups is 2. The van der Waals surface area contributed by atoms with Crippen LogP contribution in [0.15, 0.2) is 24.4 Å². The number of nitrogens with one attached hydrogen (secondary N) is 1. The quantitative estimate of drug-likeness (QED) is 0.930. The van der Waals surface area contributed by atoms with E-state index in [2.05, 4.69) is 10.4 Å². The average Bonchev–Trinajstić information content (AvgIpc) is 3.24. The molecule has 2 aliphatic rings. The minimum Gasteiger partial charge on any atom is -0.341 e. The van der Waals surface area contributed by atoms with E-state index in [1.54, 1.807) is 17.7 Å². The zero-order chi connectivity index (χ0) is 17.6. The third kappa shape index (κ3) is 3.13. The van der Waals surface area contributed by atoms with Crippen molar-refractivity contribution in [3.8, 4) is 0 Å². The molecule has 1 spiro atoms. The van der Waals surface area contributed by atoms with Gasteiger partial charge in [-0.1, -0.05) is 0 Å². The molecule has 1 aliphatic heterocycles. The first-order valence-electron chi connectivity index (χ1n) is 8.99. The van der Waals surface area contributed by atoms with Crippen molar-refractivity contribution >= 4 is 22.7 Å². The van der Waals surface area contributed by atoms with E-state index < -0.39 is 6.04 Å². The summed E-state index contributed by atoms with van der Waals surface area (Å²) < 4.78 is 1.72. The summed E-state index contributed by atoms with van der Waals surface area (Å²) in [6.07, 6.45) is 6.73. The number of rotatable bonds is 3. The lowest BCUT2D eigenvalue weighted by Gasteiger charge is -2.33. The molecule has 132 valence electrons. The molecule has 1 aromatic carbocycles. The molecule has 1 atom stereocenters. The van der Waals surface area contributed by atoms with Crippen molar-refractivity contribution in [1.82, 2.24) is 20.0 Å². The molecule has 1 saturated heterocycles. The molecule has 2 aromatic rings. The normalized spacial score (nSPS) is 19.8. The summed E-state index contributed by atoms with van der Waals surface area (Å²) in [7, 11) is 1.85. The van der Waals surface area contributed by atoms with Crippen LogP contribution in [0.4, 0.5) is 0 Å². The van der Waals surface area contributed by atoms with Gasteiger partial charge in [0.2, 0.25) is 5.91 Å². The minimum absolute atomic E-state index is 0.0197. The number of carbonyl (C=O) groups excluding carboxylic acids is 2. The van der Waals surface area contributed by atoms with E-state index in [0.29, 0.717) is 11.0 Å². The molecule has 0 radical (unpaired) electrons. The van der Waals surface area contributed by atoms with Crippen LogP contribution in [0, 0.1) is 5.41 Å². The largest absolute Gasteiger partial charge is 0.341 e. The monoisotopic (exact) mass is 340 g/mol. The fourth-order valence-corrected chi connectivity index (χ4v) is 3.78. The lowest BCUT2D eigenvalue weighted by atomic mass is 9.93. The van der Waals surface area contributed by atoms with Crippen molar-refractivity contribution < 1.29 is 9.59 Å². The maximum atomic E-state index is 12.6. The van der Waals surface area contributed by atoms with Crippen LogP contribution in [-0.4, -0.2) is 45.6 Å². The van der Waals surface area contributed by atoms with Crippen molar-refractivity contribution in [2.24, 2.45) is 12.5 Å². The first-order chi connectivity index (χ1) is 12.0. The molecule has 6 heteroatoms. The Labute approximate surface area is 147 Å². The minimum atomic E-state index is -0.509. The van der Waals surface area contributed by atoms with E-state index >= 15 is 0 Å². The molecule has 25 heavy (non-hydrogen) atoms. The van der Waals surface area contributed by atoms with Gasteiger partial charge in [0.05, 0.1) is 5.52 Å².